The molecule has 1 aromatic carbocycles. The molecule has 0 bridgehead atoms. The summed E-state index contributed by atoms with van der Waals surface area (Å²) in [6, 6.07) is 11.1. The molecular formula is C11H17N. The van der Waals surface area contributed by atoms with Crippen molar-refractivity contribution in [2.24, 2.45) is 0 Å². The zero-order chi connectivity index (χ0) is 8.97. The highest BCUT2D eigenvalue weighted by Gasteiger charge is 2.10. The largest absolute Gasteiger partial charge is 0.317 e. The van der Waals surface area contributed by atoms with Crippen LogP contribution in [0.2, 0.25) is 0 Å². The van der Waals surface area contributed by atoms with Crippen molar-refractivity contribution in [3.63, 3.8) is 0 Å². The summed E-state index contributed by atoms with van der Waals surface area (Å²) in [4.78, 5) is 0. The van der Waals surface area contributed by atoms with Gasteiger partial charge in [0.1, 0.15) is 0 Å². The molecule has 1 rings (SSSR count). The van der Waals surface area contributed by atoms with Crippen molar-refractivity contribution < 1.29 is 0 Å². The van der Waals surface area contributed by atoms with Gasteiger partial charge in [-0.05, 0) is 25.5 Å². The molecule has 0 amide bonds. The first kappa shape index (κ1) is 9.27. The van der Waals surface area contributed by atoms with Crippen molar-refractivity contribution in [1.82, 2.24) is 5.32 Å². The van der Waals surface area contributed by atoms with E-state index in [1.54, 1.807) is 0 Å². The zero-order valence-corrected chi connectivity index (χ0v) is 8.04. The Morgan fingerprint density at radius 3 is 2.17 bits per heavy atom. The van der Waals surface area contributed by atoms with Gasteiger partial charge in [-0.25, -0.2) is 0 Å². The van der Waals surface area contributed by atoms with E-state index in [0.29, 0.717) is 12.0 Å². The third-order valence-corrected chi connectivity index (χ3v) is 2.53. The Hall–Kier alpha value is -0.820. The number of likely N-dealkylation sites (N-methyl/N-ethyl adjacent to an activating group) is 1. The molecule has 1 nitrogen and oxygen atoms in total. The summed E-state index contributed by atoms with van der Waals surface area (Å²) in [6.07, 6.45) is 0. The normalized spacial score (nSPS) is 15.6. The van der Waals surface area contributed by atoms with E-state index in [1.165, 1.54) is 5.56 Å². The van der Waals surface area contributed by atoms with Crippen LogP contribution in [0, 0.1) is 0 Å². The monoisotopic (exact) mass is 163 g/mol. The number of hydrogen-bond acceptors (Lipinski definition) is 1. The third kappa shape index (κ3) is 2.08. The van der Waals surface area contributed by atoms with E-state index < -0.39 is 0 Å². The Kier molecular flexibility index (Phi) is 3.30. The molecule has 0 unspecified atom stereocenters. The molecule has 0 spiro atoms. The highest BCUT2D eigenvalue weighted by Crippen LogP contribution is 2.17. The highest BCUT2D eigenvalue weighted by atomic mass is 14.9. The van der Waals surface area contributed by atoms with Gasteiger partial charge in [0.15, 0.2) is 0 Å². The van der Waals surface area contributed by atoms with Crippen LogP contribution in [0.1, 0.15) is 25.3 Å². The molecule has 0 fully saturated rings. The van der Waals surface area contributed by atoms with E-state index in [4.69, 9.17) is 0 Å². The standard InChI is InChI=1S/C11H17N/c1-9(10(2)12-3)11-7-5-4-6-8-11/h4-10,12H,1-3H3/t9-,10-/m0/s1. The first-order valence-corrected chi connectivity index (χ1v) is 4.48. The third-order valence-electron chi connectivity index (χ3n) is 2.53. The fourth-order valence-electron chi connectivity index (χ4n) is 1.30. The van der Waals surface area contributed by atoms with E-state index in [2.05, 4.69) is 49.5 Å². The summed E-state index contributed by atoms with van der Waals surface area (Å²) in [5.41, 5.74) is 1.40. The lowest BCUT2D eigenvalue weighted by Crippen LogP contribution is -2.27. The summed E-state index contributed by atoms with van der Waals surface area (Å²) < 4.78 is 0. The maximum Gasteiger partial charge on any atom is 0.0102 e. The second kappa shape index (κ2) is 4.27. The molecule has 2 atom stereocenters. The van der Waals surface area contributed by atoms with Crippen LogP contribution in [-0.2, 0) is 0 Å². The van der Waals surface area contributed by atoms with Crippen molar-refractivity contribution in [3.8, 4) is 0 Å². The maximum atomic E-state index is 3.26. The number of benzene rings is 1. The SMILES string of the molecule is CN[C@@H](C)[C@H](C)c1ccccc1. The van der Waals surface area contributed by atoms with Gasteiger partial charge in [-0.3, -0.25) is 0 Å². The minimum absolute atomic E-state index is 0.535. The van der Waals surface area contributed by atoms with E-state index in [1.807, 2.05) is 7.05 Å². The Labute approximate surface area is 74.8 Å². The molecular weight excluding hydrogens is 146 g/mol. The quantitative estimate of drug-likeness (QED) is 0.721. The molecule has 0 saturated heterocycles. The van der Waals surface area contributed by atoms with Crippen molar-refractivity contribution >= 4 is 0 Å². The van der Waals surface area contributed by atoms with Gasteiger partial charge in [-0.2, -0.15) is 0 Å². The van der Waals surface area contributed by atoms with Crippen LogP contribution in [0.5, 0.6) is 0 Å². The Bertz CT molecular complexity index is 218. The molecule has 0 aliphatic carbocycles. The average molecular weight is 163 g/mol. The zero-order valence-electron chi connectivity index (χ0n) is 8.04. The van der Waals surface area contributed by atoms with Gasteiger partial charge in [-0.1, -0.05) is 37.3 Å². The Morgan fingerprint density at radius 2 is 1.67 bits per heavy atom. The minimum Gasteiger partial charge on any atom is -0.317 e. The predicted octanol–water partition coefficient (Wildman–Crippen LogP) is 2.40. The molecule has 0 saturated carbocycles. The lowest BCUT2D eigenvalue weighted by atomic mass is 9.95. The molecule has 0 aliphatic heterocycles. The molecule has 0 heterocycles. The summed E-state index contributed by atoms with van der Waals surface area (Å²) in [6.45, 7) is 4.45. The van der Waals surface area contributed by atoms with Crippen LogP contribution in [0.3, 0.4) is 0 Å². The van der Waals surface area contributed by atoms with Gasteiger partial charge < -0.3 is 5.32 Å². The summed E-state index contributed by atoms with van der Waals surface area (Å²) in [5, 5.41) is 3.26. The summed E-state index contributed by atoms with van der Waals surface area (Å²) in [5.74, 6) is 0.580. The number of hydrogen-bond donors (Lipinski definition) is 1. The predicted molar refractivity (Wildman–Crippen MR) is 53.4 cm³/mol. The van der Waals surface area contributed by atoms with Gasteiger partial charge in [0.05, 0.1) is 0 Å². The average Bonchev–Trinajstić information content (AvgIpc) is 2.17. The highest BCUT2D eigenvalue weighted by molar-refractivity contribution is 5.20. The lowest BCUT2D eigenvalue weighted by molar-refractivity contribution is 0.524. The molecule has 66 valence electrons. The number of nitrogens with one attached hydrogen (secondary N) is 1. The summed E-state index contributed by atoms with van der Waals surface area (Å²) >= 11 is 0. The van der Waals surface area contributed by atoms with E-state index in [9.17, 15) is 0 Å². The van der Waals surface area contributed by atoms with Crippen molar-refractivity contribution in [2.75, 3.05) is 7.05 Å². The number of rotatable bonds is 3. The molecule has 1 N–H and O–H groups in total. The first-order valence-electron chi connectivity index (χ1n) is 4.48. The maximum absolute atomic E-state index is 3.26. The van der Waals surface area contributed by atoms with Gasteiger partial charge in [0.25, 0.3) is 0 Å². The smallest absolute Gasteiger partial charge is 0.0102 e. The van der Waals surface area contributed by atoms with Crippen molar-refractivity contribution in [2.45, 2.75) is 25.8 Å². The molecule has 1 aromatic rings. The molecule has 0 aromatic heterocycles. The molecule has 0 radical (unpaired) electrons. The van der Waals surface area contributed by atoms with Gasteiger partial charge >= 0.3 is 0 Å². The molecule has 0 aliphatic rings. The topological polar surface area (TPSA) is 12.0 Å². The van der Waals surface area contributed by atoms with E-state index in [0.717, 1.165) is 0 Å². The Balaban J connectivity index is 2.71. The van der Waals surface area contributed by atoms with Crippen molar-refractivity contribution in [1.29, 1.82) is 0 Å². The second-order valence-electron chi connectivity index (χ2n) is 3.28. The van der Waals surface area contributed by atoms with Crippen LogP contribution in [-0.4, -0.2) is 13.1 Å². The Morgan fingerprint density at radius 1 is 1.08 bits per heavy atom. The fraction of sp³-hybridized carbons (Fsp3) is 0.455. The molecule has 12 heavy (non-hydrogen) atoms. The van der Waals surface area contributed by atoms with Gasteiger partial charge in [0.2, 0.25) is 0 Å². The van der Waals surface area contributed by atoms with Crippen LogP contribution in [0.4, 0.5) is 0 Å². The van der Waals surface area contributed by atoms with E-state index >= 15 is 0 Å². The van der Waals surface area contributed by atoms with Crippen LogP contribution < -0.4 is 5.32 Å². The van der Waals surface area contributed by atoms with Gasteiger partial charge in [-0.15, -0.1) is 0 Å². The fourth-order valence-corrected chi connectivity index (χ4v) is 1.30. The van der Waals surface area contributed by atoms with E-state index in [-0.39, 0.29) is 0 Å². The van der Waals surface area contributed by atoms with Crippen LogP contribution >= 0.6 is 0 Å². The minimum atomic E-state index is 0.535. The lowest BCUT2D eigenvalue weighted by Gasteiger charge is -2.19. The van der Waals surface area contributed by atoms with Crippen LogP contribution in [0.25, 0.3) is 0 Å². The van der Waals surface area contributed by atoms with Crippen molar-refractivity contribution in [3.05, 3.63) is 35.9 Å². The van der Waals surface area contributed by atoms with Gasteiger partial charge in [0, 0.05) is 6.04 Å². The van der Waals surface area contributed by atoms with Crippen LogP contribution in [0.15, 0.2) is 30.3 Å². The first-order chi connectivity index (χ1) is 5.75. The second-order valence-corrected chi connectivity index (χ2v) is 3.28. The molecule has 1 heteroatoms. The summed E-state index contributed by atoms with van der Waals surface area (Å²) in [7, 11) is 2.00.